The summed E-state index contributed by atoms with van der Waals surface area (Å²) in [4.78, 5) is 2.06. The van der Waals surface area contributed by atoms with Crippen LogP contribution in [0.25, 0.3) is 11.3 Å². The number of hydrogen-bond acceptors (Lipinski definition) is 7. The molecular formula is C30H30FN3O5. The molecule has 0 aliphatic carbocycles. The van der Waals surface area contributed by atoms with E-state index in [1.165, 1.54) is 12.1 Å². The normalized spacial score (nSPS) is 12.2. The van der Waals surface area contributed by atoms with Crippen LogP contribution >= 0.6 is 0 Å². The molecule has 2 aromatic carbocycles. The first kappa shape index (κ1) is 26.4. The maximum Gasteiger partial charge on any atom is 0.222 e. The number of halogens is 1. The molecule has 1 N–H and O–H groups in total. The number of furan rings is 2. The Balaban J connectivity index is 1.41. The van der Waals surface area contributed by atoms with Gasteiger partial charge in [-0.2, -0.15) is 5.10 Å². The highest BCUT2D eigenvalue weighted by Gasteiger charge is 2.24. The van der Waals surface area contributed by atoms with Crippen LogP contribution in [-0.4, -0.2) is 39.0 Å². The summed E-state index contributed by atoms with van der Waals surface area (Å²) >= 11 is 0. The highest BCUT2D eigenvalue weighted by Crippen LogP contribution is 2.34. The van der Waals surface area contributed by atoms with Crippen LogP contribution in [0.4, 0.5) is 4.39 Å². The van der Waals surface area contributed by atoms with E-state index in [2.05, 4.69) is 4.90 Å². The minimum atomic E-state index is -0.770. The van der Waals surface area contributed by atoms with E-state index in [9.17, 15) is 9.50 Å². The zero-order valence-corrected chi connectivity index (χ0v) is 21.6. The Labute approximate surface area is 225 Å². The Kier molecular flexibility index (Phi) is 8.52. The van der Waals surface area contributed by atoms with E-state index in [1.54, 1.807) is 35.4 Å². The molecule has 5 aromatic rings. The lowest BCUT2D eigenvalue weighted by atomic mass is 10.1. The van der Waals surface area contributed by atoms with Crippen molar-refractivity contribution < 1.29 is 27.8 Å². The van der Waals surface area contributed by atoms with Crippen LogP contribution in [0.1, 0.15) is 17.1 Å². The number of aryl methyl sites for hydroxylation is 1. The van der Waals surface area contributed by atoms with Crippen LogP contribution in [0.5, 0.6) is 11.6 Å². The lowest BCUT2D eigenvalue weighted by Crippen LogP contribution is -2.34. The number of hydrogen-bond donors (Lipinski definition) is 1. The summed E-state index contributed by atoms with van der Waals surface area (Å²) < 4.78 is 38.0. The largest absolute Gasteiger partial charge is 0.468 e. The molecule has 0 aliphatic heterocycles. The van der Waals surface area contributed by atoms with Crippen LogP contribution in [0.15, 0.2) is 100 Å². The molecule has 0 saturated heterocycles. The molecule has 3 heterocycles. The first-order valence-corrected chi connectivity index (χ1v) is 12.6. The van der Waals surface area contributed by atoms with Gasteiger partial charge < -0.3 is 23.4 Å². The SMILES string of the molecule is Cn1nc(-c2ccccc2)c(CN(Cc2ccco2)C[C@@H](O)COCc2ccco2)c1Oc1ccc(F)cc1. The van der Waals surface area contributed by atoms with Crippen molar-refractivity contribution in [3.8, 4) is 22.9 Å². The van der Waals surface area contributed by atoms with Crippen LogP contribution in [0.3, 0.4) is 0 Å². The van der Waals surface area contributed by atoms with Crippen LogP contribution in [0, 0.1) is 5.82 Å². The number of aliphatic hydroxyl groups is 1. The first-order valence-electron chi connectivity index (χ1n) is 12.6. The highest BCUT2D eigenvalue weighted by molar-refractivity contribution is 5.65. The summed E-state index contributed by atoms with van der Waals surface area (Å²) in [5, 5.41) is 15.6. The predicted octanol–water partition coefficient (Wildman–Crippen LogP) is 5.78. The predicted molar refractivity (Wildman–Crippen MR) is 142 cm³/mol. The molecule has 39 heavy (non-hydrogen) atoms. The summed E-state index contributed by atoms with van der Waals surface area (Å²) in [6, 6.07) is 23.0. The van der Waals surface area contributed by atoms with Gasteiger partial charge >= 0.3 is 0 Å². The third kappa shape index (κ3) is 7.02. The smallest absolute Gasteiger partial charge is 0.222 e. The molecule has 3 aromatic heterocycles. The van der Waals surface area contributed by atoms with Crippen LogP contribution < -0.4 is 4.74 Å². The van der Waals surface area contributed by atoms with E-state index in [4.69, 9.17) is 23.4 Å². The van der Waals surface area contributed by atoms with Gasteiger partial charge in [0.2, 0.25) is 5.88 Å². The molecule has 0 bridgehead atoms. The van der Waals surface area contributed by atoms with Crippen molar-refractivity contribution in [2.45, 2.75) is 25.8 Å². The molecule has 0 unspecified atom stereocenters. The summed E-state index contributed by atoms with van der Waals surface area (Å²) in [7, 11) is 1.81. The van der Waals surface area contributed by atoms with E-state index in [-0.39, 0.29) is 19.0 Å². The van der Waals surface area contributed by atoms with Crippen molar-refractivity contribution in [2.24, 2.45) is 7.05 Å². The van der Waals surface area contributed by atoms with E-state index >= 15 is 0 Å². The molecule has 0 fully saturated rings. The van der Waals surface area contributed by atoms with Crippen molar-refractivity contribution in [1.82, 2.24) is 14.7 Å². The highest BCUT2D eigenvalue weighted by atomic mass is 19.1. The van der Waals surface area contributed by atoms with Gasteiger partial charge in [-0.3, -0.25) is 4.90 Å². The van der Waals surface area contributed by atoms with Gasteiger partial charge in [0.15, 0.2) is 0 Å². The fourth-order valence-electron chi connectivity index (χ4n) is 4.34. The molecule has 5 rings (SSSR count). The second-order valence-electron chi connectivity index (χ2n) is 9.18. The van der Waals surface area contributed by atoms with E-state index in [0.717, 1.165) is 22.6 Å². The molecule has 202 valence electrons. The van der Waals surface area contributed by atoms with Crippen LogP contribution in [-0.2, 0) is 31.5 Å². The van der Waals surface area contributed by atoms with Crippen molar-refractivity contribution in [3.05, 3.63) is 114 Å². The van der Waals surface area contributed by atoms with Crippen molar-refractivity contribution in [3.63, 3.8) is 0 Å². The standard InChI is InChI=1S/C30H30FN3O5/c1-33-30(39-25-13-11-23(31)12-14-25)28(29(32-33)22-7-3-2-4-8-22)19-34(18-26-9-5-15-37-26)17-24(35)20-36-21-27-10-6-16-38-27/h2-16,24,35H,17-21H2,1H3/t24-/m1/s1. The zero-order chi connectivity index (χ0) is 27.0. The second kappa shape index (κ2) is 12.6. The lowest BCUT2D eigenvalue weighted by Gasteiger charge is -2.25. The molecule has 0 amide bonds. The van der Waals surface area contributed by atoms with Gasteiger partial charge in [-0.15, -0.1) is 0 Å². The number of benzene rings is 2. The minimum absolute atomic E-state index is 0.132. The molecule has 8 nitrogen and oxygen atoms in total. The maximum atomic E-state index is 13.5. The topological polar surface area (TPSA) is 86.0 Å². The van der Waals surface area contributed by atoms with Gasteiger partial charge in [-0.05, 0) is 48.5 Å². The molecule has 0 radical (unpaired) electrons. The molecule has 1 atom stereocenters. The average molecular weight is 532 g/mol. The summed E-state index contributed by atoms with van der Waals surface area (Å²) in [5.74, 6) is 2.12. The van der Waals surface area contributed by atoms with Crippen molar-refractivity contribution >= 4 is 0 Å². The van der Waals surface area contributed by atoms with Gasteiger partial charge in [0, 0.05) is 25.7 Å². The molecule has 0 aliphatic rings. The molecule has 0 spiro atoms. The number of rotatable bonds is 13. The zero-order valence-electron chi connectivity index (χ0n) is 21.6. The van der Waals surface area contributed by atoms with Crippen molar-refractivity contribution in [2.75, 3.05) is 13.2 Å². The number of ether oxygens (including phenoxy) is 2. The Morgan fingerprint density at radius 2 is 1.64 bits per heavy atom. The first-order chi connectivity index (χ1) is 19.0. The van der Waals surface area contributed by atoms with E-state index in [0.29, 0.717) is 37.0 Å². The van der Waals surface area contributed by atoms with Gasteiger partial charge in [-0.25, -0.2) is 9.07 Å². The molecular weight excluding hydrogens is 501 g/mol. The van der Waals surface area contributed by atoms with Gasteiger partial charge in [0.1, 0.15) is 35.4 Å². The number of aromatic nitrogens is 2. The number of aliphatic hydroxyl groups excluding tert-OH is 1. The summed E-state index contributed by atoms with van der Waals surface area (Å²) in [6.07, 6.45) is 2.44. The Bertz CT molecular complexity index is 1420. The number of nitrogens with zero attached hydrogens (tertiary/aromatic N) is 3. The third-order valence-corrected chi connectivity index (χ3v) is 6.11. The van der Waals surface area contributed by atoms with Gasteiger partial charge in [0.05, 0.1) is 37.3 Å². The minimum Gasteiger partial charge on any atom is -0.468 e. The summed E-state index contributed by atoms with van der Waals surface area (Å²) in [5.41, 5.74) is 2.50. The fourth-order valence-corrected chi connectivity index (χ4v) is 4.34. The van der Waals surface area contributed by atoms with Crippen molar-refractivity contribution in [1.29, 1.82) is 0 Å². The van der Waals surface area contributed by atoms with Crippen LogP contribution in [0.2, 0.25) is 0 Å². The Hall–Kier alpha value is -4.18. The Morgan fingerprint density at radius 1 is 0.923 bits per heavy atom. The Morgan fingerprint density at radius 3 is 2.33 bits per heavy atom. The average Bonchev–Trinajstić information content (AvgIpc) is 3.70. The summed E-state index contributed by atoms with van der Waals surface area (Å²) in [6.45, 7) is 1.55. The van der Waals surface area contributed by atoms with E-state index < -0.39 is 6.10 Å². The van der Waals surface area contributed by atoms with Gasteiger partial charge in [0.25, 0.3) is 0 Å². The second-order valence-corrected chi connectivity index (χ2v) is 9.18. The lowest BCUT2D eigenvalue weighted by molar-refractivity contribution is 0.00156. The molecule has 9 heteroatoms. The van der Waals surface area contributed by atoms with Gasteiger partial charge in [-0.1, -0.05) is 30.3 Å². The maximum absolute atomic E-state index is 13.5. The fraction of sp³-hybridized carbons (Fsp3) is 0.233. The molecule has 0 saturated carbocycles. The third-order valence-electron chi connectivity index (χ3n) is 6.11. The van der Waals surface area contributed by atoms with E-state index in [1.807, 2.05) is 55.6 Å². The monoisotopic (exact) mass is 531 g/mol. The quantitative estimate of drug-likeness (QED) is 0.206.